The van der Waals surface area contributed by atoms with Crippen molar-refractivity contribution in [1.29, 1.82) is 0 Å². The number of carbonyl (C=O) groups is 1. The van der Waals surface area contributed by atoms with Gasteiger partial charge in [0, 0.05) is 17.8 Å². The quantitative estimate of drug-likeness (QED) is 0.566. The number of aromatic nitrogens is 2. The van der Waals surface area contributed by atoms with Crippen molar-refractivity contribution < 1.29 is 9.53 Å². The highest BCUT2D eigenvalue weighted by Gasteiger charge is 2.35. The van der Waals surface area contributed by atoms with Crippen LogP contribution >= 0.6 is 0 Å². The van der Waals surface area contributed by atoms with E-state index in [0.717, 1.165) is 29.2 Å². The predicted octanol–water partition coefficient (Wildman–Crippen LogP) is 5.52. The summed E-state index contributed by atoms with van der Waals surface area (Å²) in [5.74, 6) is 1.89. The molecule has 0 spiro atoms. The Morgan fingerprint density at radius 2 is 1.63 bits per heavy atom. The van der Waals surface area contributed by atoms with Crippen molar-refractivity contribution in [2.75, 3.05) is 17.2 Å². The van der Waals surface area contributed by atoms with Gasteiger partial charge in [-0.3, -0.25) is 4.79 Å². The topological polar surface area (TPSA) is 76.1 Å². The number of ether oxygens (including phenoxy) is 1. The second kappa shape index (κ2) is 8.14. The highest BCUT2D eigenvalue weighted by Crippen LogP contribution is 2.37. The van der Waals surface area contributed by atoms with E-state index in [0.29, 0.717) is 30.4 Å². The lowest BCUT2D eigenvalue weighted by atomic mass is 9.75. The van der Waals surface area contributed by atoms with Gasteiger partial charge < -0.3 is 15.4 Å². The summed E-state index contributed by atoms with van der Waals surface area (Å²) in [4.78, 5) is 22.3. The van der Waals surface area contributed by atoms with Crippen LogP contribution < -0.4 is 15.4 Å². The predicted molar refractivity (Wildman–Crippen MR) is 119 cm³/mol. The van der Waals surface area contributed by atoms with Crippen LogP contribution in [-0.2, 0) is 6.42 Å². The number of rotatable bonds is 6. The lowest BCUT2D eigenvalue weighted by molar-refractivity contribution is 0.0911. The standard InChI is InChI=1S/C24H26N4O2/c1-4-30-18-12-10-17(11-13-18)26-23-27-19-14-24(2,3)15-20(29)21(19)22(28-23)25-16-8-6-5-7-9-16/h5-13H,4,14-15H2,1-3H3,(H2,25,26,27,28). The van der Waals surface area contributed by atoms with Crippen LogP contribution in [0.3, 0.4) is 0 Å². The van der Waals surface area contributed by atoms with Crippen LogP contribution in [0.15, 0.2) is 54.6 Å². The summed E-state index contributed by atoms with van der Waals surface area (Å²) in [7, 11) is 0. The molecule has 1 aliphatic rings. The van der Waals surface area contributed by atoms with Gasteiger partial charge in [0.1, 0.15) is 11.6 Å². The summed E-state index contributed by atoms with van der Waals surface area (Å²) in [5.41, 5.74) is 2.97. The molecule has 2 N–H and O–H groups in total. The number of hydrogen-bond acceptors (Lipinski definition) is 6. The first-order valence-electron chi connectivity index (χ1n) is 10.2. The molecule has 0 saturated heterocycles. The lowest BCUT2D eigenvalue weighted by Gasteiger charge is -2.30. The number of nitrogens with zero attached hydrogens (tertiary/aromatic N) is 2. The third-order valence-electron chi connectivity index (χ3n) is 5.01. The van der Waals surface area contributed by atoms with Gasteiger partial charge in [-0.15, -0.1) is 0 Å². The lowest BCUT2D eigenvalue weighted by Crippen LogP contribution is -2.29. The van der Waals surface area contributed by atoms with E-state index < -0.39 is 0 Å². The van der Waals surface area contributed by atoms with Crippen LogP contribution in [-0.4, -0.2) is 22.4 Å². The monoisotopic (exact) mass is 402 g/mol. The van der Waals surface area contributed by atoms with E-state index in [2.05, 4.69) is 29.5 Å². The zero-order valence-corrected chi connectivity index (χ0v) is 17.5. The van der Waals surface area contributed by atoms with Crippen molar-refractivity contribution in [1.82, 2.24) is 9.97 Å². The Morgan fingerprint density at radius 3 is 2.33 bits per heavy atom. The van der Waals surface area contributed by atoms with Gasteiger partial charge in [0.05, 0.1) is 17.9 Å². The van der Waals surface area contributed by atoms with Gasteiger partial charge in [0.2, 0.25) is 5.95 Å². The number of Topliss-reactive ketones (excluding diaryl/α,β-unsaturated/α-hetero) is 1. The SMILES string of the molecule is CCOc1ccc(Nc2nc3c(c(Nc4ccccc4)n2)C(=O)CC(C)(C)C3)cc1. The number of ketones is 1. The molecule has 0 unspecified atom stereocenters. The first-order valence-corrected chi connectivity index (χ1v) is 10.2. The van der Waals surface area contributed by atoms with E-state index in [4.69, 9.17) is 9.72 Å². The number of fused-ring (bicyclic) bond motifs is 1. The Hall–Kier alpha value is -3.41. The van der Waals surface area contributed by atoms with Crippen LogP contribution in [0.2, 0.25) is 0 Å². The molecule has 30 heavy (non-hydrogen) atoms. The fraction of sp³-hybridized carbons (Fsp3) is 0.292. The summed E-state index contributed by atoms with van der Waals surface area (Å²) >= 11 is 0. The summed E-state index contributed by atoms with van der Waals surface area (Å²) < 4.78 is 5.50. The number of nitrogens with one attached hydrogen (secondary N) is 2. The Kier molecular flexibility index (Phi) is 5.40. The van der Waals surface area contributed by atoms with Crippen molar-refractivity contribution in [3.8, 4) is 5.75 Å². The number of para-hydroxylation sites is 1. The fourth-order valence-electron chi connectivity index (χ4n) is 3.70. The summed E-state index contributed by atoms with van der Waals surface area (Å²) in [5, 5.41) is 6.57. The van der Waals surface area contributed by atoms with Gasteiger partial charge in [0.15, 0.2) is 5.78 Å². The molecule has 0 amide bonds. The molecule has 2 aromatic carbocycles. The Bertz CT molecular complexity index is 1050. The molecule has 6 nitrogen and oxygen atoms in total. The van der Waals surface area contributed by atoms with Crippen LogP contribution in [0, 0.1) is 5.41 Å². The van der Waals surface area contributed by atoms with Gasteiger partial charge in [-0.25, -0.2) is 4.98 Å². The molecular weight excluding hydrogens is 376 g/mol. The smallest absolute Gasteiger partial charge is 0.229 e. The molecule has 0 bridgehead atoms. The zero-order valence-electron chi connectivity index (χ0n) is 17.5. The molecule has 1 aromatic heterocycles. The molecular formula is C24H26N4O2. The molecule has 0 radical (unpaired) electrons. The summed E-state index contributed by atoms with van der Waals surface area (Å²) in [6, 6.07) is 17.4. The first kappa shape index (κ1) is 19.9. The normalized spacial score (nSPS) is 14.7. The van der Waals surface area contributed by atoms with Crippen molar-refractivity contribution in [2.24, 2.45) is 5.41 Å². The molecule has 0 saturated carbocycles. The minimum Gasteiger partial charge on any atom is -0.494 e. The van der Waals surface area contributed by atoms with Crippen LogP contribution in [0.5, 0.6) is 5.75 Å². The molecule has 4 rings (SSSR count). The second-order valence-electron chi connectivity index (χ2n) is 8.23. The minimum absolute atomic E-state index is 0.0762. The van der Waals surface area contributed by atoms with E-state index in [1.54, 1.807) is 0 Å². The first-order chi connectivity index (χ1) is 14.4. The van der Waals surface area contributed by atoms with E-state index in [-0.39, 0.29) is 11.2 Å². The number of carbonyl (C=O) groups excluding carboxylic acids is 1. The second-order valence-corrected chi connectivity index (χ2v) is 8.23. The van der Waals surface area contributed by atoms with Crippen molar-refractivity contribution in [3.05, 3.63) is 65.9 Å². The van der Waals surface area contributed by atoms with E-state index in [9.17, 15) is 4.79 Å². The molecule has 1 heterocycles. The van der Waals surface area contributed by atoms with Gasteiger partial charge in [-0.1, -0.05) is 32.0 Å². The minimum atomic E-state index is -0.126. The van der Waals surface area contributed by atoms with Crippen LogP contribution in [0.1, 0.15) is 43.2 Å². The third-order valence-corrected chi connectivity index (χ3v) is 5.01. The number of hydrogen-bond donors (Lipinski definition) is 2. The maximum atomic E-state index is 12.9. The van der Waals surface area contributed by atoms with Gasteiger partial charge >= 0.3 is 0 Å². The molecule has 3 aromatic rings. The van der Waals surface area contributed by atoms with Crippen molar-refractivity contribution >= 4 is 28.9 Å². The molecule has 0 atom stereocenters. The average molecular weight is 402 g/mol. The summed E-state index contributed by atoms with van der Waals surface area (Å²) in [6.07, 6.45) is 1.20. The van der Waals surface area contributed by atoms with E-state index in [1.807, 2.05) is 61.5 Å². The van der Waals surface area contributed by atoms with Gasteiger partial charge in [-0.05, 0) is 55.2 Å². The maximum absolute atomic E-state index is 12.9. The van der Waals surface area contributed by atoms with Gasteiger partial charge in [-0.2, -0.15) is 4.98 Å². The zero-order chi connectivity index (χ0) is 21.1. The third kappa shape index (κ3) is 4.43. The largest absolute Gasteiger partial charge is 0.494 e. The van der Waals surface area contributed by atoms with Crippen molar-refractivity contribution in [3.63, 3.8) is 0 Å². The summed E-state index contributed by atoms with van der Waals surface area (Å²) in [6.45, 7) is 6.77. The fourth-order valence-corrected chi connectivity index (χ4v) is 3.70. The molecule has 0 aliphatic heterocycles. The molecule has 1 aliphatic carbocycles. The van der Waals surface area contributed by atoms with Crippen molar-refractivity contribution in [2.45, 2.75) is 33.6 Å². The Labute approximate surface area is 176 Å². The van der Waals surface area contributed by atoms with E-state index in [1.165, 1.54) is 0 Å². The highest BCUT2D eigenvalue weighted by molar-refractivity contribution is 6.03. The average Bonchev–Trinajstić information content (AvgIpc) is 2.69. The van der Waals surface area contributed by atoms with Crippen LogP contribution in [0.25, 0.3) is 0 Å². The molecule has 6 heteroatoms. The molecule has 0 fully saturated rings. The Morgan fingerprint density at radius 1 is 0.933 bits per heavy atom. The Balaban J connectivity index is 1.70. The van der Waals surface area contributed by atoms with E-state index >= 15 is 0 Å². The number of benzene rings is 2. The maximum Gasteiger partial charge on any atom is 0.229 e. The van der Waals surface area contributed by atoms with Gasteiger partial charge in [0.25, 0.3) is 0 Å². The van der Waals surface area contributed by atoms with Crippen LogP contribution in [0.4, 0.5) is 23.1 Å². The highest BCUT2D eigenvalue weighted by atomic mass is 16.5. The number of anilines is 4. The molecule has 154 valence electrons.